The van der Waals surface area contributed by atoms with E-state index < -0.39 is 17.7 Å². The van der Waals surface area contributed by atoms with Gasteiger partial charge in [-0.05, 0) is 67.8 Å². The third kappa shape index (κ3) is 2.57. The van der Waals surface area contributed by atoms with E-state index in [1.165, 1.54) is 12.5 Å². The molecule has 6 heteroatoms. The maximum Gasteiger partial charge on any atom is 0.303 e. The van der Waals surface area contributed by atoms with E-state index in [-0.39, 0.29) is 47.4 Å². The highest BCUT2D eigenvalue weighted by atomic mass is 16.6. The van der Waals surface area contributed by atoms with Crippen LogP contribution in [0.1, 0.15) is 58.8 Å². The molecule has 0 radical (unpaired) electrons. The molecule has 0 aromatic heterocycles. The number of hydrogen-bond acceptors (Lipinski definition) is 6. The Hall–Kier alpha value is -1.53. The topological polar surface area (TPSA) is 89.9 Å². The second-order valence-electron chi connectivity index (χ2n) is 10.1. The fraction of sp³-hybridized carbons (Fsp3) is 0.783. The van der Waals surface area contributed by atoms with Crippen molar-refractivity contribution in [2.75, 3.05) is 6.61 Å². The smallest absolute Gasteiger partial charge is 0.303 e. The summed E-state index contributed by atoms with van der Waals surface area (Å²) in [5.41, 5.74) is 0.649. The van der Waals surface area contributed by atoms with Gasteiger partial charge < -0.3 is 14.6 Å². The number of fused-ring (bicyclic) bond motifs is 6. The summed E-state index contributed by atoms with van der Waals surface area (Å²) in [6, 6.07) is 0. The summed E-state index contributed by atoms with van der Waals surface area (Å²) < 4.78 is 11.2. The van der Waals surface area contributed by atoms with Gasteiger partial charge in [0.2, 0.25) is 0 Å². The van der Waals surface area contributed by atoms with Crippen molar-refractivity contribution >= 4 is 17.5 Å². The summed E-state index contributed by atoms with van der Waals surface area (Å²) in [5, 5.41) is 11.1. The van der Waals surface area contributed by atoms with Crippen molar-refractivity contribution in [3.8, 4) is 0 Å². The van der Waals surface area contributed by atoms with E-state index in [1.807, 2.05) is 6.08 Å². The van der Waals surface area contributed by atoms with Gasteiger partial charge in [-0.15, -0.1) is 0 Å². The molecule has 1 saturated heterocycles. The van der Waals surface area contributed by atoms with Gasteiger partial charge >= 0.3 is 5.97 Å². The lowest BCUT2D eigenvalue weighted by Crippen LogP contribution is -2.55. The van der Waals surface area contributed by atoms with Gasteiger partial charge in [0.15, 0.2) is 17.9 Å². The number of ether oxygens (including phenoxy) is 2. The minimum atomic E-state index is -0.946. The van der Waals surface area contributed by atoms with Crippen LogP contribution in [0.3, 0.4) is 0 Å². The van der Waals surface area contributed by atoms with Crippen LogP contribution in [0.2, 0.25) is 0 Å². The van der Waals surface area contributed by atoms with E-state index in [9.17, 15) is 19.5 Å². The predicted molar refractivity (Wildman–Crippen MR) is 102 cm³/mol. The monoisotopic (exact) mass is 402 g/mol. The molecule has 6 nitrogen and oxygen atoms in total. The Morgan fingerprint density at radius 1 is 1.28 bits per heavy atom. The maximum atomic E-state index is 12.9. The number of aliphatic hydroxyl groups excluding tert-OH is 1. The molecule has 0 amide bonds. The first-order chi connectivity index (χ1) is 13.8. The fourth-order valence-electron chi connectivity index (χ4n) is 7.96. The van der Waals surface area contributed by atoms with Crippen molar-refractivity contribution < 1.29 is 29.0 Å². The summed E-state index contributed by atoms with van der Waals surface area (Å²) >= 11 is 0. The summed E-state index contributed by atoms with van der Waals surface area (Å²) in [7, 11) is 0. The lowest BCUT2D eigenvalue weighted by molar-refractivity contribution is -0.163. The van der Waals surface area contributed by atoms with Gasteiger partial charge in [-0.1, -0.05) is 12.5 Å². The number of carbonyl (C=O) groups is 3. The zero-order valence-electron chi connectivity index (χ0n) is 17.2. The fourth-order valence-corrected chi connectivity index (χ4v) is 7.96. The molecule has 2 bridgehead atoms. The van der Waals surface area contributed by atoms with Crippen LogP contribution < -0.4 is 0 Å². The molecular formula is C23H30O6. The molecule has 4 aliphatic carbocycles. The predicted octanol–water partition coefficient (Wildman–Crippen LogP) is 2.57. The Kier molecular flexibility index (Phi) is 4.34. The van der Waals surface area contributed by atoms with Crippen LogP contribution in [0.4, 0.5) is 0 Å². The second-order valence-corrected chi connectivity index (χ2v) is 10.1. The van der Waals surface area contributed by atoms with Crippen LogP contribution in [-0.2, 0) is 23.9 Å². The van der Waals surface area contributed by atoms with E-state index in [0.717, 1.165) is 32.1 Å². The zero-order valence-corrected chi connectivity index (χ0v) is 17.2. The number of rotatable bonds is 3. The SMILES string of the molecule is CC(=O)OCC(=O)[C@@H]1CC[C@@H]2[C@H]3CCC4=CC(=O)CC[C@]4(C)[C@@H]3[C@H]3C[C@]21[C@H](O)O3. The quantitative estimate of drug-likeness (QED) is 0.730. The van der Waals surface area contributed by atoms with Crippen LogP contribution in [0.25, 0.3) is 0 Å². The van der Waals surface area contributed by atoms with Gasteiger partial charge in [0.05, 0.1) is 6.10 Å². The zero-order chi connectivity index (χ0) is 20.6. The highest BCUT2D eigenvalue weighted by molar-refractivity contribution is 5.91. The Morgan fingerprint density at radius 3 is 2.83 bits per heavy atom. The second kappa shape index (κ2) is 6.48. The number of hydrogen-bond donors (Lipinski definition) is 1. The number of carbonyl (C=O) groups excluding carboxylic acids is 3. The highest BCUT2D eigenvalue weighted by Crippen LogP contribution is 2.71. The number of esters is 1. The summed E-state index contributed by atoms with van der Waals surface area (Å²) in [6.07, 6.45) is 6.49. The standard InChI is InChI=1S/C23H30O6/c1-12(24)28-11-18(26)17-6-5-16-15-4-3-13-9-14(25)7-8-22(13,2)20(15)19-10-23(16,17)21(27)29-19/h9,15-17,19-21,27H,3-8,10-11H2,1-2H3/t15-,16-,17+,19-,20+,21-,22+,23+/m1/s1. The van der Waals surface area contributed by atoms with Crippen molar-refractivity contribution in [3.05, 3.63) is 11.6 Å². The van der Waals surface area contributed by atoms with Crippen molar-refractivity contribution in [2.45, 2.75) is 71.2 Å². The third-order valence-electron chi connectivity index (χ3n) is 9.05. The molecule has 0 aromatic carbocycles. The lowest BCUT2D eigenvalue weighted by Gasteiger charge is -2.57. The average molecular weight is 402 g/mol. The van der Waals surface area contributed by atoms with E-state index in [2.05, 4.69) is 6.92 Å². The van der Waals surface area contributed by atoms with Crippen molar-refractivity contribution in [2.24, 2.45) is 34.5 Å². The molecule has 1 N–H and O–H groups in total. The van der Waals surface area contributed by atoms with Crippen LogP contribution in [0.5, 0.6) is 0 Å². The van der Waals surface area contributed by atoms with E-state index >= 15 is 0 Å². The number of ketones is 2. The van der Waals surface area contributed by atoms with Gasteiger partial charge in [0.25, 0.3) is 0 Å². The number of allylic oxidation sites excluding steroid dienone is 1. The Morgan fingerprint density at radius 2 is 2.07 bits per heavy atom. The molecule has 5 rings (SSSR count). The molecule has 1 aliphatic heterocycles. The van der Waals surface area contributed by atoms with Crippen molar-refractivity contribution in [1.82, 2.24) is 0 Å². The van der Waals surface area contributed by atoms with E-state index in [1.54, 1.807) is 0 Å². The largest absolute Gasteiger partial charge is 0.458 e. The lowest BCUT2D eigenvalue weighted by atomic mass is 9.46. The molecule has 0 unspecified atom stereocenters. The molecule has 29 heavy (non-hydrogen) atoms. The minimum absolute atomic E-state index is 0.0580. The normalized spacial score (nSPS) is 47.7. The highest BCUT2D eigenvalue weighted by Gasteiger charge is 2.71. The molecule has 1 heterocycles. The Balaban J connectivity index is 1.48. The van der Waals surface area contributed by atoms with Crippen LogP contribution in [0, 0.1) is 34.5 Å². The van der Waals surface area contributed by atoms with Gasteiger partial charge in [-0.3, -0.25) is 14.4 Å². The van der Waals surface area contributed by atoms with Crippen molar-refractivity contribution in [3.63, 3.8) is 0 Å². The number of Topliss-reactive ketones (excluding diaryl/α,β-unsaturated/α-hetero) is 1. The van der Waals surface area contributed by atoms with Crippen LogP contribution in [0.15, 0.2) is 11.6 Å². The third-order valence-corrected chi connectivity index (χ3v) is 9.05. The van der Waals surface area contributed by atoms with Crippen LogP contribution >= 0.6 is 0 Å². The van der Waals surface area contributed by atoms with Gasteiger partial charge in [-0.25, -0.2) is 0 Å². The maximum absolute atomic E-state index is 12.9. The Labute approximate surface area is 171 Å². The first-order valence-corrected chi connectivity index (χ1v) is 11.0. The van der Waals surface area contributed by atoms with E-state index in [4.69, 9.17) is 9.47 Å². The molecule has 158 valence electrons. The molecule has 1 spiro atoms. The first-order valence-electron chi connectivity index (χ1n) is 11.0. The van der Waals surface area contributed by atoms with Crippen LogP contribution in [-0.4, -0.2) is 41.6 Å². The first kappa shape index (κ1) is 19.4. The summed E-state index contributed by atoms with van der Waals surface area (Å²) in [4.78, 5) is 36.1. The molecule has 8 atom stereocenters. The van der Waals surface area contributed by atoms with Crippen molar-refractivity contribution in [1.29, 1.82) is 0 Å². The molecule has 5 aliphatic rings. The summed E-state index contributed by atoms with van der Waals surface area (Å²) in [6.45, 7) is 3.37. The molecule has 0 aromatic rings. The van der Waals surface area contributed by atoms with Gasteiger partial charge in [0, 0.05) is 24.7 Å². The minimum Gasteiger partial charge on any atom is -0.458 e. The Bertz CT molecular complexity index is 801. The molecule has 4 fully saturated rings. The number of aliphatic hydroxyl groups is 1. The molecule has 3 saturated carbocycles. The van der Waals surface area contributed by atoms with Gasteiger partial charge in [-0.2, -0.15) is 0 Å². The average Bonchev–Trinajstić information content (AvgIpc) is 3.19. The summed E-state index contributed by atoms with van der Waals surface area (Å²) in [5.74, 6) is 0.289. The molecular weight excluding hydrogens is 372 g/mol. The van der Waals surface area contributed by atoms with E-state index in [0.29, 0.717) is 18.8 Å². The van der Waals surface area contributed by atoms with Gasteiger partial charge in [0.1, 0.15) is 6.61 Å².